The quantitative estimate of drug-likeness (QED) is 0.881. The Bertz CT molecular complexity index is 476. The molecule has 0 amide bonds. The minimum Gasteiger partial charge on any atom is -0.304 e. The number of rotatable bonds is 5. The van der Waals surface area contributed by atoms with E-state index in [1.807, 2.05) is 6.92 Å². The standard InChI is InChI=1S/C15H20N2S/c1-11(2)15(13-7-5-4-6-8-13)16-9-14-10-18-12(3)17-14/h4-8,10-11,15-16H,9H2,1-3H3. The molecule has 0 saturated heterocycles. The largest absolute Gasteiger partial charge is 0.304 e. The Kier molecular flexibility index (Phi) is 4.50. The first kappa shape index (κ1) is 13.2. The molecule has 0 bridgehead atoms. The third-order valence-corrected chi connectivity index (χ3v) is 3.82. The van der Waals surface area contributed by atoms with Gasteiger partial charge in [-0.3, -0.25) is 0 Å². The highest BCUT2D eigenvalue weighted by atomic mass is 32.1. The summed E-state index contributed by atoms with van der Waals surface area (Å²) < 4.78 is 0. The Morgan fingerprint density at radius 1 is 1.22 bits per heavy atom. The van der Waals surface area contributed by atoms with Crippen molar-refractivity contribution >= 4 is 11.3 Å². The van der Waals surface area contributed by atoms with E-state index in [0.29, 0.717) is 12.0 Å². The Labute approximate surface area is 113 Å². The van der Waals surface area contributed by atoms with Crippen LogP contribution in [0, 0.1) is 12.8 Å². The SMILES string of the molecule is Cc1nc(CNC(c2ccccc2)C(C)C)cs1. The van der Waals surface area contributed by atoms with Gasteiger partial charge in [-0.1, -0.05) is 44.2 Å². The van der Waals surface area contributed by atoms with Gasteiger partial charge in [0.15, 0.2) is 0 Å². The van der Waals surface area contributed by atoms with Gasteiger partial charge in [0.2, 0.25) is 0 Å². The van der Waals surface area contributed by atoms with Crippen LogP contribution >= 0.6 is 11.3 Å². The lowest BCUT2D eigenvalue weighted by Gasteiger charge is -2.22. The lowest BCUT2D eigenvalue weighted by Crippen LogP contribution is -2.25. The van der Waals surface area contributed by atoms with Gasteiger partial charge >= 0.3 is 0 Å². The zero-order valence-corrected chi connectivity index (χ0v) is 12.0. The van der Waals surface area contributed by atoms with Gasteiger partial charge in [-0.25, -0.2) is 4.98 Å². The zero-order chi connectivity index (χ0) is 13.0. The van der Waals surface area contributed by atoms with Crippen molar-refractivity contribution in [2.45, 2.75) is 33.4 Å². The molecule has 2 aromatic rings. The van der Waals surface area contributed by atoms with Crippen molar-refractivity contribution in [1.82, 2.24) is 10.3 Å². The molecular formula is C15H20N2S. The fraction of sp³-hybridized carbons (Fsp3) is 0.400. The number of hydrogen-bond acceptors (Lipinski definition) is 3. The van der Waals surface area contributed by atoms with Crippen LogP contribution in [0.15, 0.2) is 35.7 Å². The molecule has 3 heteroatoms. The summed E-state index contributed by atoms with van der Waals surface area (Å²) in [5, 5.41) is 6.87. The molecule has 0 spiro atoms. The molecule has 1 unspecified atom stereocenters. The third kappa shape index (κ3) is 3.40. The lowest BCUT2D eigenvalue weighted by molar-refractivity contribution is 0.409. The predicted molar refractivity (Wildman–Crippen MR) is 77.7 cm³/mol. The lowest BCUT2D eigenvalue weighted by atomic mass is 9.96. The monoisotopic (exact) mass is 260 g/mol. The molecule has 1 aromatic heterocycles. The summed E-state index contributed by atoms with van der Waals surface area (Å²) in [6.45, 7) is 7.38. The summed E-state index contributed by atoms with van der Waals surface area (Å²) in [6, 6.07) is 11.0. The average molecular weight is 260 g/mol. The van der Waals surface area contributed by atoms with E-state index in [4.69, 9.17) is 0 Å². The number of hydrogen-bond donors (Lipinski definition) is 1. The Hall–Kier alpha value is -1.19. The first-order valence-corrected chi connectivity index (χ1v) is 7.24. The molecule has 0 aliphatic rings. The molecule has 1 heterocycles. The van der Waals surface area contributed by atoms with Crippen LogP contribution in [0.2, 0.25) is 0 Å². The maximum Gasteiger partial charge on any atom is 0.0897 e. The van der Waals surface area contributed by atoms with Crippen LogP contribution in [0.25, 0.3) is 0 Å². The average Bonchev–Trinajstić information content (AvgIpc) is 2.76. The van der Waals surface area contributed by atoms with Crippen molar-refractivity contribution in [2.75, 3.05) is 0 Å². The van der Waals surface area contributed by atoms with Crippen molar-refractivity contribution in [2.24, 2.45) is 5.92 Å². The molecule has 0 aliphatic heterocycles. The highest BCUT2D eigenvalue weighted by Crippen LogP contribution is 2.22. The molecule has 1 aromatic carbocycles. The maximum atomic E-state index is 4.49. The Morgan fingerprint density at radius 2 is 1.94 bits per heavy atom. The maximum absolute atomic E-state index is 4.49. The number of aromatic nitrogens is 1. The van der Waals surface area contributed by atoms with Gasteiger partial charge in [0.05, 0.1) is 10.7 Å². The van der Waals surface area contributed by atoms with Crippen molar-refractivity contribution in [3.63, 3.8) is 0 Å². The fourth-order valence-electron chi connectivity index (χ4n) is 2.10. The highest BCUT2D eigenvalue weighted by Gasteiger charge is 2.15. The third-order valence-electron chi connectivity index (χ3n) is 3.00. The van der Waals surface area contributed by atoms with Gasteiger partial charge in [0, 0.05) is 18.0 Å². The van der Waals surface area contributed by atoms with Crippen molar-refractivity contribution < 1.29 is 0 Å². The van der Waals surface area contributed by atoms with Crippen LogP contribution in [0.1, 0.15) is 36.2 Å². The van der Waals surface area contributed by atoms with E-state index in [9.17, 15) is 0 Å². The topological polar surface area (TPSA) is 24.9 Å². The predicted octanol–water partition coefficient (Wildman–Crippen LogP) is 3.94. The van der Waals surface area contributed by atoms with Crippen LogP contribution in [0.5, 0.6) is 0 Å². The second-order valence-electron chi connectivity index (χ2n) is 4.87. The Morgan fingerprint density at radius 3 is 2.50 bits per heavy atom. The van der Waals surface area contributed by atoms with E-state index < -0.39 is 0 Å². The van der Waals surface area contributed by atoms with Crippen LogP contribution < -0.4 is 5.32 Å². The summed E-state index contributed by atoms with van der Waals surface area (Å²) in [7, 11) is 0. The molecule has 1 atom stereocenters. The van der Waals surface area contributed by atoms with Crippen molar-refractivity contribution in [1.29, 1.82) is 0 Å². The summed E-state index contributed by atoms with van der Waals surface area (Å²) >= 11 is 1.71. The van der Waals surface area contributed by atoms with Gasteiger partial charge in [0.25, 0.3) is 0 Å². The van der Waals surface area contributed by atoms with E-state index in [1.165, 1.54) is 5.56 Å². The first-order chi connectivity index (χ1) is 8.66. The van der Waals surface area contributed by atoms with Gasteiger partial charge in [-0.05, 0) is 18.4 Å². The smallest absolute Gasteiger partial charge is 0.0897 e. The second-order valence-corrected chi connectivity index (χ2v) is 5.93. The molecule has 18 heavy (non-hydrogen) atoms. The van der Waals surface area contributed by atoms with Gasteiger partial charge < -0.3 is 5.32 Å². The summed E-state index contributed by atoms with van der Waals surface area (Å²) in [6.07, 6.45) is 0. The number of aryl methyl sites for hydroxylation is 1. The number of nitrogens with one attached hydrogen (secondary N) is 1. The van der Waals surface area contributed by atoms with E-state index in [1.54, 1.807) is 11.3 Å². The summed E-state index contributed by atoms with van der Waals surface area (Å²) in [5.41, 5.74) is 2.48. The second kappa shape index (κ2) is 6.12. The van der Waals surface area contributed by atoms with E-state index in [-0.39, 0.29) is 0 Å². The number of nitrogens with zero attached hydrogens (tertiary/aromatic N) is 1. The highest BCUT2D eigenvalue weighted by molar-refractivity contribution is 7.09. The van der Waals surface area contributed by atoms with Gasteiger partial charge in [0.1, 0.15) is 0 Å². The minimum atomic E-state index is 0.383. The summed E-state index contributed by atoms with van der Waals surface area (Å²) in [5.74, 6) is 0.562. The molecular weight excluding hydrogens is 240 g/mol. The Balaban J connectivity index is 2.03. The molecule has 0 aliphatic carbocycles. The molecule has 0 saturated carbocycles. The molecule has 96 valence electrons. The van der Waals surface area contributed by atoms with Crippen molar-refractivity contribution in [3.05, 3.63) is 52.0 Å². The van der Waals surface area contributed by atoms with E-state index in [2.05, 4.69) is 59.9 Å². The molecule has 0 fully saturated rings. The zero-order valence-electron chi connectivity index (χ0n) is 11.2. The number of thiazole rings is 1. The first-order valence-electron chi connectivity index (χ1n) is 6.36. The molecule has 0 radical (unpaired) electrons. The minimum absolute atomic E-state index is 0.383. The molecule has 2 nitrogen and oxygen atoms in total. The van der Waals surface area contributed by atoms with E-state index in [0.717, 1.165) is 17.2 Å². The summed E-state index contributed by atoms with van der Waals surface area (Å²) in [4.78, 5) is 4.49. The number of benzene rings is 1. The van der Waals surface area contributed by atoms with Crippen LogP contribution in [-0.2, 0) is 6.54 Å². The van der Waals surface area contributed by atoms with Crippen LogP contribution in [0.3, 0.4) is 0 Å². The van der Waals surface area contributed by atoms with Crippen LogP contribution in [0.4, 0.5) is 0 Å². The molecule has 1 N–H and O–H groups in total. The van der Waals surface area contributed by atoms with Crippen LogP contribution in [-0.4, -0.2) is 4.98 Å². The fourth-order valence-corrected chi connectivity index (χ4v) is 2.72. The molecule has 2 rings (SSSR count). The normalized spacial score (nSPS) is 12.9. The van der Waals surface area contributed by atoms with E-state index >= 15 is 0 Å². The van der Waals surface area contributed by atoms with Gasteiger partial charge in [-0.15, -0.1) is 11.3 Å². The van der Waals surface area contributed by atoms with Gasteiger partial charge in [-0.2, -0.15) is 0 Å². The van der Waals surface area contributed by atoms with Crippen molar-refractivity contribution in [3.8, 4) is 0 Å².